The van der Waals surface area contributed by atoms with Crippen LogP contribution in [0.25, 0.3) is 10.9 Å². The van der Waals surface area contributed by atoms with Crippen LogP contribution in [0.5, 0.6) is 0 Å². The standard InChI is InChI=1S/C21H20FN5O2/c22-14-2-4-18-11(5-14)1-3-15(26-18)10-23-19-16-6-12(7-17(16)19)20-24-8-13(9-25-20)21(28)27-29/h1-5,8-9,12,16-17,19,23,29H,6-7,10H2,(H,27,28)/t12?,16-,17-,19?/m0/s1. The molecule has 3 N–H and O–H groups in total. The van der Waals surface area contributed by atoms with E-state index in [4.69, 9.17) is 5.21 Å². The number of amides is 1. The zero-order valence-corrected chi connectivity index (χ0v) is 15.5. The van der Waals surface area contributed by atoms with Crippen LogP contribution in [0, 0.1) is 17.7 Å². The first-order valence-electron chi connectivity index (χ1n) is 9.67. The van der Waals surface area contributed by atoms with Crippen molar-refractivity contribution in [3.05, 3.63) is 65.6 Å². The summed E-state index contributed by atoms with van der Waals surface area (Å²) in [5.74, 6) is 1.43. The van der Waals surface area contributed by atoms with Crippen molar-refractivity contribution in [3.8, 4) is 0 Å². The molecule has 2 fully saturated rings. The second-order valence-corrected chi connectivity index (χ2v) is 7.81. The van der Waals surface area contributed by atoms with E-state index in [0.717, 1.165) is 35.3 Å². The molecule has 8 heteroatoms. The van der Waals surface area contributed by atoms with Crippen molar-refractivity contribution in [1.82, 2.24) is 25.7 Å². The molecular weight excluding hydrogens is 373 g/mol. The Morgan fingerprint density at radius 3 is 2.62 bits per heavy atom. The van der Waals surface area contributed by atoms with Gasteiger partial charge in [-0.15, -0.1) is 0 Å². The van der Waals surface area contributed by atoms with Crippen molar-refractivity contribution >= 4 is 16.8 Å². The summed E-state index contributed by atoms with van der Waals surface area (Å²) < 4.78 is 13.3. The van der Waals surface area contributed by atoms with E-state index in [9.17, 15) is 9.18 Å². The van der Waals surface area contributed by atoms with Crippen molar-refractivity contribution in [2.75, 3.05) is 0 Å². The lowest BCUT2D eigenvalue weighted by Crippen LogP contribution is -2.22. The lowest BCUT2D eigenvalue weighted by molar-refractivity contribution is 0.0705. The van der Waals surface area contributed by atoms with Gasteiger partial charge in [-0.3, -0.25) is 15.0 Å². The number of nitrogens with one attached hydrogen (secondary N) is 2. The van der Waals surface area contributed by atoms with E-state index in [2.05, 4.69) is 20.3 Å². The third-order valence-corrected chi connectivity index (χ3v) is 6.07. The van der Waals surface area contributed by atoms with Crippen molar-refractivity contribution in [2.24, 2.45) is 11.8 Å². The molecule has 2 aliphatic rings. The number of halogens is 1. The van der Waals surface area contributed by atoms with E-state index in [-0.39, 0.29) is 11.4 Å². The highest BCUT2D eigenvalue weighted by atomic mass is 19.1. The number of hydrogen-bond donors (Lipinski definition) is 3. The van der Waals surface area contributed by atoms with Gasteiger partial charge in [0, 0.05) is 36.3 Å². The molecule has 3 aromatic rings. The van der Waals surface area contributed by atoms with Gasteiger partial charge in [0.1, 0.15) is 11.6 Å². The smallest absolute Gasteiger partial charge is 0.277 e. The average molecular weight is 393 g/mol. The van der Waals surface area contributed by atoms with E-state index in [0.29, 0.717) is 30.3 Å². The molecule has 2 aliphatic carbocycles. The van der Waals surface area contributed by atoms with Gasteiger partial charge in [-0.25, -0.2) is 19.8 Å². The van der Waals surface area contributed by atoms with Gasteiger partial charge < -0.3 is 5.32 Å². The van der Waals surface area contributed by atoms with Gasteiger partial charge in [-0.1, -0.05) is 6.07 Å². The van der Waals surface area contributed by atoms with Gasteiger partial charge in [0.05, 0.1) is 16.8 Å². The quantitative estimate of drug-likeness (QED) is 0.455. The van der Waals surface area contributed by atoms with Crippen molar-refractivity contribution in [2.45, 2.75) is 31.3 Å². The summed E-state index contributed by atoms with van der Waals surface area (Å²) in [4.78, 5) is 24.6. The molecule has 148 valence electrons. The Morgan fingerprint density at radius 1 is 1.14 bits per heavy atom. The summed E-state index contributed by atoms with van der Waals surface area (Å²) in [6, 6.07) is 8.97. The maximum absolute atomic E-state index is 13.3. The first kappa shape index (κ1) is 18.1. The van der Waals surface area contributed by atoms with E-state index >= 15 is 0 Å². The number of hydrogen-bond acceptors (Lipinski definition) is 6. The Balaban J connectivity index is 1.16. The zero-order chi connectivity index (χ0) is 20.0. The van der Waals surface area contributed by atoms with Crippen LogP contribution in [0.4, 0.5) is 4.39 Å². The zero-order valence-electron chi connectivity index (χ0n) is 15.5. The van der Waals surface area contributed by atoms with Crippen LogP contribution in [0.3, 0.4) is 0 Å². The van der Waals surface area contributed by atoms with Crippen molar-refractivity contribution in [3.63, 3.8) is 0 Å². The van der Waals surface area contributed by atoms with Gasteiger partial charge in [-0.2, -0.15) is 0 Å². The predicted octanol–water partition coefficient (Wildman–Crippen LogP) is 2.56. The highest BCUT2D eigenvalue weighted by Crippen LogP contribution is 2.57. The fourth-order valence-electron chi connectivity index (χ4n) is 4.54. The minimum absolute atomic E-state index is 0.240. The molecule has 1 aromatic carbocycles. The molecule has 2 atom stereocenters. The Kier molecular flexibility index (Phi) is 4.44. The number of benzene rings is 1. The Hall–Kier alpha value is -2.97. The van der Waals surface area contributed by atoms with Gasteiger partial charge in [0.15, 0.2) is 0 Å². The monoisotopic (exact) mass is 393 g/mol. The molecule has 2 heterocycles. The first-order chi connectivity index (χ1) is 14.1. The molecule has 2 aromatic heterocycles. The molecule has 1 amide bonds. The van der Waals surface area contributed by atoms with Gasteiger partial charge in [0.2, 0.25) is 0 Å². The summed E-state index contributed by atoms with van der Waals surface area (Å²) in [6.45, 7) is 0.692. The van der Waals surface area contributed by atoms with E-state index in [1.54, 1.807) is 11.5 Å². The Bertz CT molecular complexity index is 1060. The summed E-state index contributed by atoms with van der Waals surface area (Å²) >= 11 is 0. The average Bonchev–Trinajstić information content (AvgIpc) is 3.20. The molecule has 0 bridgehead atoms. The lowest BCUT2D eigenvalue weighted by Gasteiger charge is -2.14. The second kappa shape index (κ2) is 7.13. The number of rotatable bonds is 5. The van der Waals surface area contributed by atoms with Gasteiger partial charge in [-0.05, 0) is 48.9 Å². The maximum Gasteiger partial charge on any atom is 0.277 e. The van der Waals surface area contributed by atoms with Crippen LogP contribution in [0.2, 0.25) is 0 Å². The van der Waals surface area contributed by atoms with E-state index < -0.39 is 5.91 Å². The molecule has 5 rings (SSSR count). The largest absolute Gasteiger partial charge is 0.308 e. The van der Waals surface area contributed by atoms with Crippen molar-refractivity contribution in [1.29, 1.82) is 0 Å². The van der Waals surface area contributed by atoms with E-state index in [1.165, 1.54) is 24.5 Å². The summed E-state index contributed by atoms with van der Waals surface area (Å²) in [6.07, 6.45) is 4.95. The Morgan fingerprint density at radius 2 is 1.90 bits per heavy atom. The predicted molar refractivity (Wildman–Crippen MR) is 103 cm³/mol. The topological polar surface area (TPSA) is 100 Å². The lowest BCUT2D eigenvalue weighted by atomic mass is 10.0. The third-order valence-electron chi connectivity index (χ3n) is 6.07. The molecule has 0 spiro atoms. The number of hydroxylamine groups is 1. The second-order valence-electron chi connectivity index (χ2n) is 7.81. The van der Waals surface area contributed by atoms with Crippen molar-refractivity contribution < 1.29 is 14.4 Å². The van der Waals surface area contributed by atoms with Crippen LogP contribution in [0.15, 0.2) is 42.7 Å². The maximum atomic E-state index is 13.3. The summed E-state index contributed by atoms with van der Waals surface area (Å²) in [5, 5.41) is 13.1. The van der Waals surface area contributed by atoms with Crippen LogP contribution in [-0.4, -0.2) is 32.1 Å². The molecule has 0 radical (unpaired) electrons. The number of carbonyl (C=O) groups is 1. The SMILES string of the molecule is O=C(NO)c1cnc(C2C[C@@H]3C(NCc4ccc5cc(F)ccc5n4)[C@H]3C2)nc1. The molecular formula is C21H20FN5O2. The Labute approximate surface area is 166 Å². The number of carbonyl (C=O) groups excluding carboxylic acids is 1. The van der Waals surface area contributed by atoms with E-state index in [1.807, 2.05) is 12.1 Å². The van der Waals surface area contributed by atoms with Crippen LogP contribution < -0.4 is 10.8 Å². The minimum atomic E-state index is -0.609. The molecule has 7 nitrogen and oxygen atoms in total. The highest BCUT2D eigenvalue weighted by Gasteiger charge is 2.56. The third kappa shape index (κ3) is 3.45. The first-order valence-corrected chi connectivity index (χ1v) is 9.67. The molecule has 29 heavy (non-hydrogen) atoms. The van der Waals surface area contributed by atoms with Crippen LogP contribution in [-0.2, 0) is 6.54 Å². The highest BCUT2D eigenvalue weighted by molar-refractivity contribution is 5.92. The molecule has 2 saturated carbocycles. The fraction of sp³-hybridized carbons (Fsp3) is 0.333. The number of pyridine rings is 1. The van der Waals surface area contributed by atoms with Gasteiger partial charge in [0.25, 0.3) is 5.91 Å². The number of nitrogens with zero attached hydrogens (tertiary/aromatic N) is 3. The fourth-order valence-corrected chi connectivity index (χ4v) is 4.54. The van der Waals surface area contributed by atoms with Gasteiger partial charge >= 0.3 is 0 Å². The van der Waals surface area contributed by atoms with Crippen LogP contribution >= 0.6 is 0 Å². The molecule has 0 unspecified atom stereocenters. The summed E-state index contributed by atoms with van der Waals surface area (Å²) in [7, 11) is 0. The molecule has 0 saturated heterocycles. The summed E-state index contributed by atoms with van der Waals surface area (Å²) in [5.41, 5.74) is 3.57. The normalized spacial score (nSPS) is 23.2. The number of fused-ring (bicyclic) bond motifs is 2. The molecule has 0 aliphatic heterocycles. The van der Waals surface area contributed by atoms with Crippen LogP contribution in [0.1, 0.15) is 40.6 Å². The minimum Gasteiger partial charge on any atom is -0.308 e. The number of aromatic nitrogens is 3.